The molecule has 0 aromatic heterocycles. The van der Waals surface area contributed by atoms with E-state index in [0.717, 1.165) is 30.2 Å². The Bertz CT molecular complexity index is 1010. The molecule has 2 aromatic rings. The Balaban J connectivity index is 1.26. The summed E-state index contributed by atoms with van der Waals surface area (Å²) in [4.78, 5) is 0. The van der Waals surface area contributed by atoms with Crippen molar-refractivity contribution in [2.75, 3.05) is 0 Å². The van der Waals surface area contributed by atoms with Gasteiger partial charge in [0.25, 0.3) is 0 Å². The first-order valence-corrected chi connectivity index (χ1v) is 16.3. The number of unbranched alkanes of at least 4 members (excludes halogenated alkanes) is 2. The fourth-order valence-corrected chi connectivity index (χ4v) is 7.10. The molecule has 220 valence electrons. The lowest BCUT2D eigenvalue weighted by molar-refractivity contribution is -0.272. The molecule has 40 heavy (non-hydrogen) atoms. The molecule has 0 radical (unpaired) electrons. The molecule has 3 heteroatoms. The molecule has 1 atom stereocenters. The molecule has 1 unspecified atom stereocenters. The topological polar surface area (TPSA) is 9.23 Å². The fraction of sp³-hybridized carbons (Fsp3) is 0.622. The van der Waals surface area contributed by atoms with Gasteiger partial charge in [-0.2, -0.15) is 8.78 Å². The Kier molecular flexibility index (Phi) is 11.8. The molecular formula is C37H52F2O. The van der Waals surface area contributed by atoms with E-state index in [1.54, 1.807) is 19.1 Å². The van der Waals surface area contributed by atoms with E-state index >= 15 is 8.78 Å². The van der Waals surface area contributed by atoms with Gasteiger partial charge in [0.1, 0.15) is 0 Å². The summed E-state index contributed by atoms with van der Waals surface area (Å²) in [6, 6.07) is 15.2. The summed E-state index contributed by atoms with van der Waals surface area (Å²) in [5.41, 5.74) is 3.28. The van der Waals surface area contributed by atoms with Gasteiger partial charge in [-0.15, -0.1) is 0 Å². The van der Waals surface area contributed by atoms with Crippen LogP contribution in [0.5, 0.6) is 0 Å². The maximum absolute atomic E-state index is 15.2. The highest BCUT2D eigenvalue weighted by Crippen LogP contribution is 2.41. The molecule has 0 heterocycles. The summed E-state index contributed by atoms with van der Waals surface area (Å²) in [5.74, 6) is 2.77. The van der Waals surface area contributed by atoms with Crippen LogP contribution in [0.1, 0.15) is 151 Å². The molecular weight excluding hydrogens is 498 g/mol. The Morgan fingerprint density at radius 1 is 0.775 bits per heavy atom. The first kappa shape index (κ1) is 30.9. The highest BCUT2D eigenvalue weighted by Gasteiger charge is 2.36. The molecule has 2 aliphatic rings. The van der Waals surface area contributed by atoms with Crippen molar-refractivity contribution in [1.82, 2.24) is 0 Å². The van der Waals surface area contributed by atoms with Gasteiger partial charge in [-0.25, -0.2) is 0 Å². The van der Waals surface area contributed by atoms with Gasteiger partial charge >= 0.3 is 6.11 Å². The van der Waals surface area contributed by atoms with Crippen LogP contribution in [-0.2, 0) is 10.8 Å². The standard InChI is InChI=1S/C37H52F2O/c1-4-6-8-10-29-12-16-32(17-13-29)34-22-20-31(21-23-34)28(3)40-37(38,39)36-26-24-35(25-27-36)33-18-14-30(15-19-33)11-9-7-5-2/h5,7,20-30,32-33H,4,6,8-19H2,1-3H3/b7-5+. The van der Waals surface area contributed by atoms with Gasteiger partial charge in [0.2, 0.25) is 0 Å². The summed E-state index contributed by atoms with van der Waals surface area (Å²) in [6.07, 6.45) is 18.1. The predicted octanol–water partition coefficient (Wildman–Crippen LogP) is 12.0. The quantitative estimate of drug-likeness (QED) is 0.178. The van der Waals surface area contributed by atoms with E-state index < -0.39 is 12.2 Å². The van der Waals surface area contributed by atoms with Crippen LogP contribution in [-0.4, -0.2) is 0 Å². The van der Waals surface area contributed by atoms with E-state index in [4.69, 9.17) is 4.74 Å². The molecule has 1 nitrogen and oxygen atoms in total. The van der Waals surface area contributed by atoms with E-state index in [-0.39, 0.29) is 5.56 Å². The monoisotopic (exact) mass is 550 g/mol. The van der Waals surface area contributed by atoms with Gasteiger partial charge in [0.05, 0.1) is 11.7 Å². The number of hydrogen-bond acceptors (Lipinski definition) is 1. The fourth-order valence-electron chi connectivity index (χ4n) is 7.10. The van der Waals surface area contributed by atoms with Gasteiger partial charge in [-0.05, 0) is 118 Å². The minimum Gasteiger partial charge on any atom is -0.309 e. The average Bonchev–Trinajstić information content (AvgIpc) is 2.98. The average molecular weight is 551 g/mol. The maximum Gasteiger partial charge on any atom is 0.383 e. The number of allylic oxidation sites excluding steroid dienone is 2. The zero-order valence-corrected chi connectivity index (χ0v) is 25.2. The Morgan fingerprint density at radius 3 is 1.82 bits per heavy atom. The van der Waals surface area contributed by atoms with Crippen LogP contribution in [0.4, 0.5) is 8.78 Å². The predicted molar refractivity (Wildman–Crippen MR) is 164 cm³/mol. The number of benzene rings is 2. The van der Waals surface area contributed by atoms with Crippen LogP contribution in [0.15, 0.2) is 60.7 Å². The summed E-state index contributed by atoms with van der Waals surface area (Å²) in [6.45, 7) is 6.08. The number of ether oxygens (including phenoxy) is 1. The molecule has 0 aliphatic heterocycles. The number of alkyl halides is 2. The van der Waals surface area contributed by atoms with Crippen molar-refractivity contribution >= 4 is 0 Å². The zero-order chi connectivity index (χ0) is 28.4. The van der Waals surface area contributed by atoms with Gasteiger partial charge < -0.3 is 4.74 Å². The van der Waals surface area contributed by atoms with Crippen LogP contribution in [0, 0.1) is 11.8 Å². The SMILES string of the molecule is C/C=C/CCC1CCC(c2ccc(C(F)(F)OC(C)c3ccc(C4CCC(CCCCC)CC4)cc3)cc2)CC1. The van der Waals surface area contributed by atoms with Crippen LogP contribution in [0.3, 0.4) is 0 Å². The van der Waals surface area contributed by atoms with E-state index in [0.29, 0.717) is 11.8 Å². The number of rotatable bonds is 13. The van der Waals surface area contributed by atoms with Gasteiger partial charge in [0.15, 0.2) is 0 Å². The molecule has 2 aliphatic carbocycles. The third-order valence-electron chi connectivity index (χ3n) is 9.81. The lowest BCUT2D eigenvalue weighted by Gasteiger charge is -2.29. The molecule has 2 aromatic carbocycles. The van der Waals surface area contributed by atoms with Crippen molar-refractivity contribution in [1.29, 1.82) is 0 Å². The third kappa shape index (κ3) is 8.75. The van der Waals surface area contributed by atoms with E-state index in [2.05, 4.69) is 38.1 Å². The Hall–Kier alpha value is -2.00. The van der Waals surface area contributed by atoms with Gasteiger partial charge in [-0.3, -0.25) is 0 Å². The summed E-state index contributed by atoms with van der Waals surface area (Å²) in [5, 5.41) is 0. The van der Waals surface area contributed by atoms with Crippen LogP contribution >= 0.6 is 0 Å². The molecule has 0 amide bonds. The largest absolute Gasteiger partial charge is 0.383 e. The maximum atomic E-state index is 15.2. The molecule has 0 bridgehead atoms. The molecule has 2 saturated carbocycles. The molecule has 0 spiro atoms. The molecule has 0 N–H and O–H groups in total. The molecule has 4 rings (SSSR count). The summed E-state index contributed by atoms with van der Waals surface area (Å²) < 4.78 is 35.7. The minimum absolute atomic E-state index is 0.0598. The first-order chi connectivity index (χ1) is 19.4. The lowest BCUT2D eigenvalue weighted by atomic mass is 9.77. The van der Waals surface area contributed by atoms with Crippen molar-refractivity contribution in [2.45, 2.75) is 135 Å². The number of halogens is 2. The minimum atomic E-state index is -3.32. The third-order valence-corrected chi connectivity index (χ3v) is 9.81. The summed E-state index contributed by atoms with van der Waals surface area (Å²) >= 11 is 0. The normalized spacial score (nSPS) is 24.8. The molecule has 2 fully saturated rings. The highest BCUT2D eigenvalue weighted by molar-refractivity contribution is 5.29. The van der Waals surface area contributed by atoms with Crippen molar-refractivity contribution in [2.24, 2.45) is 11.8 Å². The van der Waals surface area contributed by atoms with Crippen molar-refractivity contribution < 1.29 is 13.5 Å². The van der Waals surface area contributed by atoms with Gasteiger partial charge in [-0.1, -0.05) is 93.3 Å². The van der Waals surface area contributed by atoms with Crippen molar-refractivity contribution in [3.05, 3.63) is 82.9 Å². The Morgan fingerprint density at radius 2 is 1.30 bits per heavy atom. The smallest absolute Gasteiger partial charge is 0.309 e. The Labute approximate surface area is 242 Å². The zero-order valence-electron chi connectivity index (χ0n) is 25.2. The van der Waals surface area contributed by atoms with E-state index in [1.807, 2.05) is 24.3 Å². The summed E-state index contributed by atoms with van der Waals surface area (Å²) in [7, 11) is 0. The second-order valence-electron chi connectivity index (χ2n) is 12.6. The van der Waals surface area contributed by atoms with Crippen LogP contribution in [0.25, 0.3) is 0 Å². The molecule has 0 saturated heterocycles. The highest BCUT2D eigenvalue weighted by atomic mass is 19.3. The first-order valence-electron chi connectivity index (χ1n) is 16.3. The van der Waals surface area contributed by atoms with Crippen LogP contribution < -0.4 is 0 Å². The van der Waals surface area contributed by atoms with Crippen molar-refractivity contribution in [3.8, 4) is 0 Å². The van der Waals surface area contributed by atoms with Crippen LogP contribution in [0.2, 0.25) is 0 Å². The van der Waals surface area contributed by atoms with Gasteiger partial charge in [0, 0.05) is 0 Å². The second kappa shape index (κ2) is 15.3. The van der Waals surface area contributed by atoms with E-state index in [9.17, 15) is 0 Å². The van der Waals surface area contributed by atoms with E-state index in [1.165, 1.54) is 88.2 Å². The van der Waals surface area contributed by atoms with Crippen molar-refractivity contribution in [3.63, 3.8) is 0 Å². The second-order valence-corrected chi connectivity index (χ2v) is 12.6. The lowest BCUT2D eigenvalue weighted by Crippen LogP contribution is -2.21. The number of hydrogen-bond donors (Lipinski definition) is 0.